The maximum atomic E-state index is 4.20. The highest BCUT2D eigenvalue weighted by molar-refractivity contribution is 7.98. The monoisotopic (exact) mass is 234 g/mol. The lowest BCUT2D eigenvalue weighted by molar-refractivity contribution is 0.775. The van der Waals surface area contributed by atoms with Gasteiger partial charge < -0.3 is 5.32 Å². The number of hydrogen-bond donors (Lipinski definition) is 2. The first kappa shape index (κ1) is 10.9. The van der Waals surface area contributed by atoms with E-state index in [1.54, 1.807) is 23.1 Å². The van der Waals surface area contributed by atoms with E-state index in [4.69, 9.17) is 0 Å². The first-order valence-corrected chi connectivity index (χ1v) is 6.38. The number of benzene rings is 1. The van der Waals surface area contributed by atoms with Crippen LogP contribution >= 0.6 is 11.8 Å². The molecule has 4 nitrogen and oxygen atoms in total. The summed E-state index contributed by atoms with van der Waals surface area (Å²) in [6.07, 6.45) is 7.51. The zero-order chi connectivity index (χ0) is 11.2. The van der Waals surface area contributed by atoms with Gasteiger partial charge in [0.05, 0.1) is 17.8 Å². The summed E-state index contributed by atoms with van der Waals surface area (Å²) < 4.78 is 0. The minimum Gasteiger partial charge on any atom is -0.376 e. The van der Waals surface area contributed by atoms with Crippen LogP contribution in [0.25, 0.3) is 0 Å². The van der Waals surface area contributed by atoms with Gasteiger partial charge >= 0.3 is 0 Å². The van der Waals surface area contributed by atoms with Crippen LogP contribution in [0, 0.1) is 0 Å². The Hall–Kier alpha value is -1.62. The Labute approximate surface area is 99.4 Å². The second-order valence-corrected chi connectivity index (χ2v) is 4.09. The Kier molecular flexibility index (Phi) is 3.71. The summed E-state index contributed by atoms with van der Waals surface area (Å²) in [5.74, 6) is 0.903. The van der Waals surface area contributed by atoms with Crippen LogP contribution in [0.1, 0.15) is 0 Å². The fourth-order valence-electron chi connectivity index (χ4n) is 1.34. The van der Waals surface area contributed by atoms with Gasteiger partial charge in [0.15, 0.2) is 0 Å². The Bertz CT molecular complexity index is 403. The van der Waals surface area contributed by atoms with E-state index in [2.05, 4.69) is 28.2 Å². The molecule has 84 valence electrons. The number of nitrogens with one attached hydrogen (secondary N) is 2. The van der Waals surface area contributed by atoms with E-state index in [1.807, 2.05) is 30.5 Å². The van der Waals surface area contributed by atoms with Crippen molar-refractivity contribution >= 4 is 29.4 Å². The Morgan fingerprint density at radius 2 is 2.44 bits per heavy atom. The van der Waals surface area contributed by atoms with Crippen molar-refractivity contribution in [2.75, 3.05) is 22.6 Å². The van der Waals surface area contributed by atoms with Crippen LogP contribution in [0.15, 0.2) is 41.6 Å². The normalized spacial score (nSPS) is 13.7. The van der Waals surface area contributed by atoms with Gasteiger partial charge in [-0.25, -0.2) is 0 Å². The summed E-state index contributed by atoms with van der Waals surface area (Å²) in [6.45, 7) is 0. The summed E-state index contributed by atoms with van der Waals surface area (Å²) in [5.41, 5.74) is 5.14. The molecule has 0 radical (unpaired) electrons. The number of rotatable bonds is 4. The SMILES string of the molecule is CSCNc1cccc(N2N=CC=CN2)c1. The molecule has 2 rings (SSSR count). The topological polar surface area (TPSA) is 39.7 Å². The van der Waals surface area contributed by atoms with Crippen LogP contribution in [0.2, 0.25) is 0 Å². The van der Waals surface area contributed by atoms with Crippen LogP contribution in [0.5, 0.6) is 0 Å². The van der Waals surface area contributed by atoms with Crippen molar-refractivity contribution in [2.24, 2.45) is 5.10 Å². The maximum absolute atomic E-state index is 4.20. The van der Waals surface area contributed by atoms with Gasteiger partial charge in [0.25, 0.3) is 0 Å². The molecule has 1 aliphatic rings. The van der Waals surface area contributed by atoms with E-state index in [0.717, 1.165) is 17.3 Å². The third-order valence-electron chi connectivity index (χ3n) is 2.07. The van der Waals surface area contributed by atoms with Crippen LogP contribution in [0.4, 0.5) is 11.4 Å². The number of nitrogens with zero attached hydrogens (tertiary/aromatic N) is 2. The van der Waals surface area contributed by atoms with E-state index < -0.39 is 0 Å². The molecule has 2 N–H and O–H groups in total. The fourth-order valence-corrected chi connectivity index (χ4v) is 1.65. The van der Waals surface area contributed by atoms with Crippen molar-refractivity contribution in [3.05, 3.63) is 36.5 Å². The first-order chi connectivity index (χ1) is 7.90. The highest BCUT2D eigenvalue weighted by Gasteiger charge is 2.04. The van der Waals surface area contributed by atoms with Crippen LogP contribution in [-0.2, 0) is 0 Å². The minimum absolute atomic E-state index is 0.903. The highest BCUT2D eigenvalue weighted by Crippen LogP contribution is 2.19. The molecule has 0 aromatic heterocycles. The van der Waals surface area contributed by atoms with Crippen molar-refractivity contribution in [1.29, 1.82) is 0 Å². The Morgan fingerprint density at radius 3 is 3.19 bits per heavy atom. The average molecular weight is 234 g/mol. The molecule has 0 bridgehead atoms. The molecule has 0 saturated heterocycles. The highest BCUT2D eigenvalue weighted by atomic mass is 32.2. The first-order valence-electron chi connectivity index (χ1n) is 4.98. The molecule has 0 spiro atoms. The molecule has 0 unspecified atom stereocenters. The molecule has 5 heteroatoms. The molecular formula is C11H14N4S. The summed E-state index contributed by atoms with van der Waals surface area (Å²) in [7, 11) is 0. The van der Waals surface area contributed by atoms with Gasteiger partial charge in [-0.05, 0) is 30.5 Å². The Morgan fingerprint density at radius 1 is 1.50 bits per heavy atom. The van der Waals surface area contributed by atoms with E-state index in [0.29, 0.717) is 0 Å². The van der Waals surface area contributed by atoms with Crippen molar-refractivity contribution < 1.29 is 0 Å². The van der Waals surface area contributed by atoms with Gasteiger partial charge in [-0.2, -0.15) is 10.2 Å². The zero-order valence-corrected chi connectivity index (χ0v) is 9.87. The van der Waals surface area contributed by atoms with E-state index in [1.165, 1.54) is 0 Å². The van der Waals surface area contributed by atoms with Gasteiger partial charge in [-0.3, -0.25) is 5.43 Å². The molecule has 0 saturated carbocycles. The summed E-state index contributed by atoms with van der Waals surface area (Å²) in [6, 6.07) is 8.12. The van der Waals surface area contributed by atoms with Gasteiger partial charge in [-0.1, -0.05) is 6.07 Å². The summed E-state index contributed by atoms with van der Waals surface area (Å²) >= 11 is 1.76. The molecule has 0 atom stereocenters. The molecule has 1 aromatic rings. The van der Waals surface area contributed by atoms with Crippen LogP contribution in [0.3, 0.4) is 0 Å². The number of thioether (sulfide) groups is 1. The standard InChI is InChI=1S/C11H14N4S/c1-16-9-12-10-4-2-5-11(8-10)15-13-6-3-7-14-15/h2-8,12-13H,9H2,1H3. The third kappa shape index (κ3) is 2.70. The Balaban J connectivity index is 2.09. The molecule has 1 heterocycles. The lowest BCUT2D eigenvalue weighted by atomic mass is 10.3. The van der Waals surface area contributed by atoms with Gasteiger partial charge in [0.2, 0.25) is 0 Å². The van der Waals surface area contributed by atoms with Crippen molar-refractivity contribution in [2.45, 2.75) is 0 Å². The van der Waals surface area contributed by atoms with E-state index in [9.17, 15) is 0 Å². The summed E-state index contributed by atoms with van der Waals surface area (Å²) in [5, 5.41) is 9.24. The predicted octanol–water partition coefficient (Wildman–Crippen LogP) is 2.24. The molecule has 1 aliphatic heterocycles. The molecule has 0 fully saturated rings. The lowest BCUT2D eigenvalue weighted by Crippen LogP contribution is -2.30. The molecule has 16 heavy (non-hydrogen) atoms. The predicted molar refractivity (Wildman–Crippen MR) is 71.7 cm³/mol. The molecule has 0 amide bonds. The maximum Gasteiger partial charge on any atom is 0.0854 e. The number of hydrogen-bond acceptors (Lipinski definition) is 5. The lowest BCUT2D eigenvalue weighted by Gasteiger charge is -2.20. The largest absolute Gasteiger partial charge is 0.376 e. The zero-order valence-electron chi connectivity index (χ0n) is 9.05. The van der Waals surface area contributed by atoms with Crippen molar-refractivity contribution in [3.8, 4) is 0 Å². The average Bonchev–Trinajstić information content (AvgIpc) is 2.38. The fraction of sp³-hybridized carbons (Fsp3) is 0.182. The van der Waals surface area contributed by atoms with Gasteiger partial charge in [0, 0.05) is 11.9 Å². The third-order valence-corrected chi connectivity index (χ3v) is 2.51. The number of allylic oxidation sites excluding steroid dienone is 1. The van der Waals surface area contributed by atoms with E-state index >= 15 is 0 Å². The van der Waals surface area contributed by atoms with E-state index in [-0.39, 0.29) is 0 Å². The molecule has 0 aliphatic carbocycles. The van der Waals surface area contributed by atoms with Crippen LogP contribution < -0.4 is 15.9 Å². The van der Waals surface area contributed by atoms with Crippen LogP contribution in [-0.4, -0.2) is 18.3 Å². The van der Waals surface area contributed by atoms with Gasteiger partial charge in [-0.15, -0.1) is 11.8 Å². The summed E-state index contributed by atoms with van der Waals surface area (Å²) in [4.78, 5) is 0. The van der Waals surface area contributed by atoms with Gasteiger partial charge in [0.1, 0.15) is 0 Å². The molecular weight excluding hydrogens is 220 g/mol. The van der Waals surface area contributed by atoms with Crippen molar-refractivity contribution in [3.63, 3.8) is 0 Å². The second-order valence-electron chi connectivity index (χ2n) is 3.22. The quantitative estimate of drug-likeness (QED) is 0.784. The molecule has 1 aromatic carbocycles. The smallest absolute Gasteiger partial charge is 0.0854 e. The van der Waals surface area contributed by atoms with Crippen molar-refractivity contribution in [1.82, 2.24) is 5.43 Å². The number of anilines is 2. The number of hydrazone groups is 1. The second kappa shape index (κ2) is 5.46. The minimum atomic E-state index is 0.903. The number of hydrazine groups is 1.